The van der Waals surface area contributed by atoms with Gasteiger partial charge in [-0.25, -0.2) is 18.1 Å². The van der Waals surface area contributed by atoms with E-state index in [-0.39, 0.29) is 17.3 Å². The van der Waals surface area contributed by atoms with Crippen molar-refractivity contribution < 1.29 is 13.2 Å². The van der Waals surface area contributed by atoms with Crippen LogP contribution in [0, 0.1) is 6.92 Å². The molecule has 0 radical (unpaired) electrons. The first kappa shape index (κ1) is 18.7. The van der Waals surface area contributed by atoms with Crippen LogP contribution in [0.5, 0.6) is 0 Å². The Labute approximate surface area is 160 Å². The highest BCUT2D eigenvalue weighted by Gasteiger charge is 2.15. The van der Waals surface area contributed by atoms with Crippen LogP contribution in [-0.4, -0.2) is 19.3 Å². The maximum absolute atomic E-state index is 12.4. The normalized spacial score (nSPS) is 11.5. The Morgan fingerprint density at radius 1 is 1.15 bits per heavy atom. The van der Waals surface area contributed by atoms with Gasteiger partial charge >= 0.3 is 0 Å². The molecule has 3 aromatic rings. The van der Waals surface area contributed by atoms with Gasteiger partial charge in [0.2, 0.25) is 15.9 Å². The zero-order valence-corrected chi connectivity index (χ0v) is 16.6. The maximum atomic E-state index is 12.4. The molecule has 0 bridgehead atoms. The molecule has 0 fully saturated rings. The van der Waals surface area contributed by atoms with Gasteiger partial charge in [0.1, 0.15) is 0 Å². The van der Waals surface area contributed by atoms with Gasteiger partial charge in [0.05, 0.1) is 20.5 Å². The average Bonchev–Trinajstić information content (AvgIpc) is 3.22. The number of aromatic nitrogens is 1. The van der Waals surface area contributed by atoms with E-state index in [0.29, 0.717) is 5.69 Å². The van der Waals surface area contributed by atoms with Gasteiger partial charge in [0, 0.05) is 29.4 Å². The lowest BCUT2D eigenvalue weighted by atomic mass is 10.3. The van der Waals surface area contributed by atoms with Crippen LogP contribution in [0.15, 0.2) is 46.7 Å². The predicted molar refractivity (Wildman–Crippen MR) is 105 cm³/mol. The molecule has 0 saturated heterocycles. The second-order valence-electron chi connectivity index (χ2n) is 5.55. The Balaban J connectivity index is 1.66. The topological polar surface area (TPSA) is 88.2 Å². The van der Waals surface area contributed by atoms with Crippen molar-refractivity contribution in [3.63, 3.8) is 0 Å². The third kappa shape index (κ3) is 4.55. The minimum atomic E-state index is -3.62. The maximum Gasteiger partial charge on any atom is 0.240 e. The fourth-order valence-corrected chi connectivity index (χ4v) is 4.95. The predicted octanol–water partition coefficient (Wildman–Crippen LogP) is 3.62. The van der Waals surface area contributed by atoms with Crippen LogP contribution < -0.4 is 10.0 Å². The van der Waals surface area contributed by atoms with E-state index in [1.807, 2.05) is 24.4 Å². The lowest BCUT2D eigenvalue weighted by Crippen LogP contribution is -2.22. The number of thiazole rings is 1. The van der Waals surface area contributed by atoms with Crippen molar-refractivity contribution in [2.24, 2.45) is 0 Å². The van der Waals surface area contributed by atoms with E-state index < -0.39 is 10.0 Å². The molecule has 1 amide bonds. The number of sulfonamides is 1. The van der Waals surface area contributed by atoms with Crippen LogP contribution in [0.2, 0.25) is 0 Å². The summed E-state index contributed by atoms with van der Waals surface area (Å²) in [7, 11) is -3.62. The van der Waals surface area contributed by atoms with Gasteiger partial charge in [-0.2, -0.15) is 0 Å². The number of carbonyl (C=O) groups is 1. The molecule has 0 spiro atoms. The number of benzene rings is 1. The van der Waals surface area contributed by atoms with Crippen molar-refractivity contribution in [2.45, 2.75) is 25.3 Å². The van der Waals surface area contributed by atoms with Gasteiger partial charge in [-0.15, -0.1) is 22.7 Å². The molecule has 0 aliphatic rings. The van der Waals surface area contributed by atoms with Crippen molar-refractivity contribution in [3.8, 4) is 10.6 Å². The summed E-state index contributed by atoms with van der Waals surface area (Å²) in [6, 6.07) is 9.90. The van der Waals surface area contributed by atoms with E-state index in [2.05, 4.69) is 15.0 Å². The zero-order valence-electron chi connectivity index (χ0n) is 14.1. The van der Waals surface area contributed by atoms with Crippen LogP contribution in [0.4, 0.5) is 5.69 Å². The molecular formula is C17H17N3O3S3. The highest BCUT2D eigenvalue weighted by molar-refractivity contribution is 7.89. The summed E-state index contributed by atoms with van der Waals surface area (Å²) in [4.78, 5) is 17.5. The number of rotatable bonds is 6. The highest BCUT2D eigenvalue weighted by atomic mass is 32.2. The van der Waals surface area contributed by atoms with E-state index in [0.717, 1.165) is 20.5 Å². The molecule has 0 aliphatic carbocycles. The minimum absolute atomic E-state index is 0.151. The zero-order chi connectivity index (χ0) is 18.7. The molecule has 1 aromatic carbocycles. The smallest absolute Gasteiger partial charge is 0.240 e. The number of carbonyl (C=O) groups excluding carboxylic acids is 1. The summed E-state index contributed by atoms with van der Waals surface area (Å²) in [5.41, 5.74) is 1.47. The summed E-state index contributed by atoms with van der Waals surface area (Å²) in [6.45, 7) is 3.56. The van der Waals surface area contributed by atoms with Crippen molar-refractivity contribution in [1.82, 2.24) is 9.71 Å². The fraction of sp³-hybridized carbons (Fsp3) is 0.176. The molecule has 0 unspecified atom stereocenters. The van der Waals surface area contributed by atoms with E-state index in [9.17, 15) is 13.2 Å². The first-order valence-electron chi connectivity index (χ1n) is 7.72. The Kier molecular flexibility index (Phi) is 5.52. The van der Waals surface area contributed by atoms with Crippen molar-refractivity contribution in [1.29, 1.82) is 0 Å². The molecule has 6 nitrogen and oxygen atoms in total. The summed E-state index contributed by atoms with van der Waals surface area (Å²) in [5, 5.41) is 5.59. The third-order valence-corrected chi connectivity index (χ3v) is 6.75. The molecule has 2 heterocycles. The summed E-state index contributed by atoms with van der Waals surface area (Å²) >= 11 is 3.10. The third-order valence-electron chi connectivity index (χ3n) is 3.45. The summed E-state index contributed by atoms with van der Waals surface area (Å²) in [5.74, 6) is -0.206. The molecule has 2 aromatic heterocycles. The number of nitrogens with one attached hydrogen (secondary N) is 2. The molecular weight excluding hydrogens is 390 g/mol. The monoisotopic (exact) mass is 407 g/mol. The lowest BCUT2D eigenvalue weighted by molar-refractivity contribution is -0.114. The SMILES string of the molecule is CC(=O)Nc1ccc(S(=O)(=O)NCc2ccc(-c3csc(C)n3)s2)cc1. The quantitative estimate of drug-likeness (QED) is 0.653. The van der Waals surface area contributed by atoms with Crippen LogP contribution in [0.3, 0.4) is 0 Å². The standard InChI is InChI=1S/C17H17N3O3S3/c1-11(21)19-13-3-6-15(7-4-13)26(22,23)18-9-14-5-8-17(25-14)16-10-24-12(2)20-16/h3-8,10,18H,9H2,1-2H3,(H,19,21). The van der Waals surface area contributed by atoms with E-state index in [1.165, 1.54) is 30.4 Å². The number of hydrogen-bond acceptors (Lipinski definition) is 6. The van der Waals surface area contributed by atoms with Crippen molar-refractivity contribution in [3.05, 3.63) is 51.7 Å². The second-order valence-corrected chi connectivity index (χ2v) is 9.55. The van der Waals surface area contributed by atoms with Crippen molar-refractivity contribution >= 4 is 44.3 Å². The number of anilines is 1. The van der Waals surface area contributed by atoms with Gasteiger partial charge < -0.3 is 5.32 Å². The summed E-state index contributed by atoms with van der Waals surface area (Å²) < 4.78 is 27.4. The molecule has 2 N–H and O–H groups in total. The van der Waals surface area contributed by atoms with Crippen LogP contribution in [0.1, 0.15) is 16.8 Å². The molecule has 3 rings (SSSR count). The number of amides is 1. The Morgan fingerprint density at radius 2 is 1.88 bits per heavy atom. The molecule has 26 heavy (non-hydrogen) atoms. The molecule has 0 aliphatic heterocycles. The molecule has 0 atom stereocenters. The first-order valence-corrected chi connectivity index (χ1v) is 10.9. The molecule has 136 valence electrons. The van der Waals surface area contributed by atoms with Crippen LogP contribution >= 0.6 is 22.7 Å². The molecule has 0 saturated carbocycles. The Bertz CT molecular complexity index is 1020. The summed E-state index contributed by atoms with van der Waals surface area (Å²) in [6.07, 6.45) is 0. The first-order chi connectivity index (χ1) is 12.3. The Morgan fingerprint density at radius 3 is 2.50 bits per heavy atom. The van der Waals surface area contributed by atoms with Crippen LogP contribution in [-0.2, 0) is 21.4 Å². The largest absolute Gasteiger partial charge is 0.326 e. The van der Waals surface area contributed by atoms with Gasteiger partial charge in [-0.1, -0.05) is 0 Å². The van der Waals surface area contributed by atoms with Gasteiger partial charge in [-0.05, 0) is 43.3 Å². The Hall–Kier alpha value is -2.07. The highest BCUT2D eigenvalue weighted by Crippen LogP contribution is 2.29. The van der Waals surface area contributed by atoms with Gasteiger partial charge in [0.15, 0.2) is 0 Å². The lowest BCUT2D eigenvalue weighted by Gasteiger charge is -2.07. The van der Waals surface area contributed by atoms with Gasteiger partial charge in [-0.3, -0.25) is 4.79 Å². The number of hydrogen-bond donors (Lipinski definition) is 2. The molecule has 9 heteroatoms. The van der Waals surface area contributed by atoms with Crippen molar-refractivity contribution in [2.75, 3.05) is 5.32 Å². The number of thiophene rings is 1. The fourth-order valence-electron chi connectivity index (χ4n) is 2.26. The van der Waals surface area contributed by atoms with E-state index >= 15 is 0 Å². The minimum Gasteiger partial charge on any atom is -0.326 e. The average molecular weight is 408 g/mol. The second kappa shape index (κ2) is 7.67. The van der Waals surface area contributed by atoms with Gasteiger partial charge in [0.25, 0.3) is 0 Å². The van der Waals surface area contributed by atoms with Crippen LogP contribution in [0.25, 0.3) is 10.6 Å². The number of nitrogens with zero attached hydrogens (tertiary/aromatic N) is 1. The number of aryl methyl sites for hydroxylation is 1. The van der Waals surface area contributed by atoms with E-state index in [1.54, 1.807) is 23.5 Å². The van der Waals surface area contributed by atoms with E-state index in [4.69, 9.17) is 0 Å².